The average molecular weight is 295 g/mol. The monoisotopic (exact) mass is 294 g/mol. The summed E-state index contributed by atoms with van der Waals surface area (Å²) < 4.78 is 4.70. The summed E-state index contributed by atoms with van der Waals surface area (Å²) in [5.74, 6) is 2.10. The van der Waals surface area contributed by atoms with Crippen LogP contribution in [0, 0.1) is 5.92 Å². The van der Waals surface area contributed by atoms with E-state index in [0.29, 0.717) is 11.7 Å². The van der Waals surface area contributed by atoms with Crippen LogP contribution >= 0.6 is 27.7 Å². The fourth-order valence-electron chi connectivity index (χ4n) is 1.44. The van der Waals surface area contributed by atoms with Crippen LogP contribution in [-0.2, 0) is 9.53 Å². The molecule has 1 aliphatic rings. The summed E-state index contributed by atoms with van der Waals surface area (Å²) >= 11 is 5.36. The lowest BCUT2D eigenvalue weighted by Gasteiger charge is -2.13. The number of ether oxygens (including phenoxy) is 1. The van der Waals surface area contributed by atoms with Gasteiger partial charge in [0.1, 0.15) is 0 Å². The van der Waals surface area contributed by atoms with Gasteiger partial charge in [0, 0.05) is 10.6 Å². The molecule has 0 aromatic carbocycles. The molecule has 0 N–H and O–H groups in total. The number of esters is 1. The van der Waals surface area contributed by atoms with E-state index in [1.807, 2.05) is 11.8 Å². The highest BCUT2D eigenvalue weighted by Gasteiger charge is 2.21. The Bertz CT molecular complexity index is 195. The summed E-state index contributed by atoms with van der Waals surface area (Å²) in [6.45, 7) is 0. The van der Waals surface area contributed by atoms with Gasteiger partial charge in [-0.3, -0.25) is 4.79 Å². The maximum atomic E-state index is 11.2. The molecule has 4 heteroatoms. The highest BCUT2D eigenvalue weighted by molar-refractivity contribution is 9.09. The van der Waals surface area contributed by atoms with E-state index >= 15 is 0 Å². The van der Waals surface area contributed by atoms with E-state index in [1.165, 1.54) is 32.1 Å². The Labute approximate surface area is 105 Å². The van der Waals surface area contributed by atoms with E-state index in [1.54, 1.807) is 0 Å². The second-order valence-corrected chi connectivity index (χ2v) is 6.18. The maximum absolute atomic E-state index is 11.2. The van der Waals surface area contributed by atoms with Crippen molar-refractivity contribution in [2.75, 3.05) is 18.2 Å². The van der Waals surface area contributed by atoms with E-state index in [9.17, 15) is 4.79 Å². The molecular weight excluding hydrogens is 276 g/mol. The Hall–Kier alpha value is 0.300. The van der Waals surface area contributed by atoms with Crippen LogP contribution in [0.3, 0.4) is 0 Å². The zero-order valence-electron chi connectivity index (χ0n) is 9.21. The minimum Gasteiger partial charge on any atom is -0.469 e. The van der Waals surface area contributed by atoms with Crippen LogP contribution in [-0.4, -0.2) is 29.4 Å². The summed E-state index contributed by atoms with van der Waals surface area (Å²) in [7, 11) is 1.46. The summed E-state index contributed by atoms with van der Waals surface area (Å²) in [5.41, 5.74) is 0. The summed E-state index contributed by atoms with van der Waals surface area (Å²) in [5, 5.41) is 1.39. The number of rotatable bonds is 8. The van der Waals surface area contributed by atoms with Crippen LogP contribution in [0.5, 0.6) is 0 Å². The Balaban J connectivity index is 2.12. The molecule has 0 heterocycles. The van der Waals surface area contributed by atoms with E-state index in [-0.39, 0.29) is 5.97 Å². The van der Waals surface area contributed by atoms with Gasteiger partial charge in [0.05, 0.1) is 13.5 Å². The van der Waals surface area contributed by atoms with Crippen LogP contribution in [0.4, 0.5) is 0 Å². The standard InChI is InChI=1S/C11H19BrO2S/c1-14-11(13)8-10(4-6-12)15-7-5-9-2-3-9/h9-10H,2-8H2,1H3. The van der Waals surface area contributed by atoms with Gasteiger partial charge >= 0.3 is 5.97 Å². The van der Waals surface area contributed by atoms with Gasteiger partial charge in [0.15, 0.2) is 0 Å². The van der Waals surface area contributed by atoms with Gasteiger partial charge in [0.2, 0.25) is 0 Å². The van der Waals surface area contributed by atoms with Gasteiger partial charge in [-0.2, -0.15) is 11.8 Å². The first-order chi connectivity index (χ1) is 7.26. The van der Waals surface area contributed by atoms with Gasteiger partial charge < -0.3 is 4.74 Å². The second kappa shape index (κ2) is 7.55. The number of hydrogen-bond acceptors (Lipinski definition) is 3. The van der Waals surface area contributed by atoms with Gasteiger partial charge in [0.25, 0.3) is 0 Å². The fourth-order valence-corrected chi connectivity index (χ4v) is 3.64. The smallest absolute Gasteiger partial charge is 0.306 e. The van der Waals surface area contributed by atoms with E-state index < -0.39 is 0 Å². The number of alkyl halides is 1. The summed E-state index contributed by atoms with van der Waals surface area (Å²) in [4.78, 5) is 11.2. The molecule has 0 aromatic heterocycles. The van der Waals surface area contributed by atoms with Crippen LogP contribution in [0.25, 0.3) is 0 Å². The highest BCUT2D eigenvalue weighted by atomic mass is 79.9. The van der Waals surface area contributed by atoms with Crippen LogP contribution < -0.4 is 0 Å². The molecule has 1 saturated carbocycles. The van der Waals surface area contributed by atoms with Crippen molar-refractivity contribution >= 4 is 33.7 Å². The molecule has 0 aliphatic heterocycles. The lowest BCUT2D eigenvalue weighted by molar-refractivity contribution is -0.140. The molecule has 1 unspecified atom stereocenters. The first-order valence-corrected chi connectivity index (χ1v) is 7.67. The normalized spacial score (nSPS) is 17.5. The van der Waals surface area contributed by atoms with Gasteiger partial charge in [-0.15, -0.1) is 0 Å². The maximum Gasteiger partial charge on any atom is 0.306 e. The van der Waals surface area contributed by atoms with Gasteiger partial charge in [-0.1, -0.05) is 28.8 Å². The van der Waals surface area contributed by atoms with Crippen molar-refractivity contribution in [3.05, 3.63) is 0 Å². The van der Waals surface area contributed by atoms with Crippen molar-refractivity contribution < 1.29 is 9.53 Å². The molecule has 0 bridgehead atoms. The van der Waals surface area contributed by atoms with Crippen molar-refractivity contribution in [1.29, 1.82) is 0 Å². The number of hydrogen-bond donors (Lipinski definition) is 0. The molecule has 0 aromatic rings. The Kier molecular flexibility index (Phi) is 6.73. The molecule has 0 spiro atoms. The largest absolute Gasteiger partial charge is 0.469 e. The van der Waals surface area contributed by atoms with Crippen molar-refractivity contribution in [3.8, 4) is 0 Å². The third kappa shape index (κ3) is 6.46. The molecule has 15 heavy (non-hydrogen) atoms. The molecule has 0 amide bonds. The Morgan fingerprint density at radius 2 is 2.33 bits per heavy atom. The first kappa shape index (κ1) is 13.4. The molecule has 1 aliphatic carbocycles. The quantitative estimate of drug-likeness (QED) is 0.508. The molecule has 0 saturated heterocycles. The van der Waals surface area contributed by atoms with Crippen LogP contribution in [0.15, 0.2) is 0 Å². The minimum atomic E-state index is -0.0835. The number of thioether (sulfide) groups is 1. The van der Waals surface area contributed by atoms with E-state index in [0.717, 1.165) is 17.7 Å². The van der Waals surface area contributed by atoms with E-state index in [2.05, 4.69) is 15.9 Å². The predicted molar refractivity (Wildman–Crippen MR) is 68.6 cm³/mol. The first-order valence-electron chi connectivity index (χ1n) is 5.50. The Morgan fingerprint density at radius 1 is 1.60 bits per heavy atom. The van der Waals surface area contributed by atoms with Crippen LogP contribution in [0.1, 0.15) is 32.1 Å². The number of carbonyl (C=O) groups excluding carboxylic acids is 1. The molecule has 0 radical (unpaired) electrons. The molecule has 2 nitrogen and oxygen atoms in total. The Morgan fingerprint density at radius 3 is 2.87 bits per heavy atom. The number of methoxy groups -OCH3 is 1. The topological polar surface area (TPSA) is 26.3 Å². The molecule has 1 rings (SSSR count). The number of halogens is 1. The van der Waals surface area contributed by atoms with Crippen molar-refractivity contribution in [1.82, 2.24) is 0 Å². The SMILES string of the molecule is COC(=O)CC(CCBr)SCCC1CC1. The zero-order chi connectivity index (χ0) is 11.1. The predicted octanol–water partition coefficient (Wildman–Crippen LogP) is 3.24. The van der Waals surface area contributed by atoms with Crippen molar-refractivity contribution in [3.63, 3.8) is 0 Å². The average Bonchev–Trinajstić information content (AvgIpc) is 3.02. The molecule has 1 fully saturated rings. The lowest BCUT2D eigenvalue weighted by Crippen LogP contribution is -2.13. The highest BCUT2D eigenvalue weighted by Crippen LogP contribution is 2.34. The number of carbonyl (C=O) groups is 1. The third-order valence-corrected chi connectivity index (χ3v) is 4.43. The van der Waals surface area contributed by atoms with Crippen LogP contribution in [0.2, 0.25) is 0 Å². The van der Waals surface area contributed by atoms with Gasteiger partial charge in [-0.05, 0) is 24.5 Å². The van der Waals surface area contributed by atoms with Crippen molar-refractivity contribution in [2.24, 2.45) is 5.92 Å². The van der Waals surface area contributed by atoms with Crippen molar-refractivity contribution in [2.45, 2.75) is 37.4 Å². The van der Waals surface area contributed by atoms with E-state index in [4.69, 9.17) is 4.74 Å². The van der Waals surface area contributed by atoms with Gasteiger partial charge in [-0.25, -0.2) is 0 Å². The molecular formula is C11H19BrO2S. The molecule has 88 valence electrons. The fraction of sp³-hybridized carbons (Fsp3) is 0.909. The zero-order valence-corrected chi connectivity index (χ0v) is 11.6. The minimum absolute atomic E-state index is 0.0835. The molecule has 1 atom stereocenters. The summed E-state index contributed by atoms with van der Waals surface area (Å²) in [6, 6.07) is 0. The lowest BCUT2D eigenvalue weighted by atomic mass is 10.2. The second-order valence-electron chi connectivity index (χ2n) is 3.98. The third-order valence-electron chi connectivity index (χ3n) is 2.63. The summed E-state index contributed by atoms with van der Waals surface area (Å²) in [6.07, 6.45) is 5.76.